The van der Waals surface area contributed by atoms with Crippen LogP contribution >= 0.6 is 34.2 Å². The maximum atomic E-state index is 13.3. The maximum absolute atomic E-state index is 13.3. The van der Waals surface area contributed by atoms with E-state index < -0.39 is 5.82 Å². The molecule has 1 aliphatic rings. The van der Waals surface area contributed by atoms with Gasteiger partial charge in [-0.05, 0) is 46.9 Å². The molecule has 3 aromatic rings. The van der Waals surface area contributed by atoms with E-state index in [2.05, 4.69) is 37.9 Å². The van der Waals surface area contributed by atoms with Crippen molar-refractivity contribution in [2.24, 2.45) is 0 Å². The second kappa shape index (κ2) is 7.50. The van der Waals surface area contributed by atoms with Crippen LogP contribution in [0.5, 0.6) is 5.75 Å². The van der Waals surface area contributed by atoms with E-state index in [9.17, 15) is 4.39 Å². The lowest BCUT2D eigenvalue weighted by Gasteiger charge is -2.15. The minimum absolute atomic E-state index is 0.0532. The number of ether oxygens (including phenoxy) is 2. The van der Waals surface area contributed by atoms with Crippen LogP contribution in [-0.4, -0.2) is 29.3 Å². The average Bonchev–Trinajstić information content (AvgIpc) is 3.13. The highest BCUT2D eigenvalue weighted by atomic mass is 127. The van der Waals surface area contributed by atoms with Gasteiger partial charge in [-0.25, -0.2) is 14.4 Å². The molecule has 0 radical (unpaired) electrons. The van der Waals surface area contributed by atoms with Gasteiger partial charge in [-0.1, -0.05) is 11.6 Å². The predicted octanol–water partition coefficient (Wildman–Crippen LogP) is 4.94. The Morgan fingerprint density at radius 2 is 2.15 bits per heavy atom. The SMILES string of the molecule is Fc1ccc(Nc2ncnc3cc(O[C@H]4CCOC4)c(I)cc23)cc1Cl. The topological polar surface area (TPSA) is 56.3 Å². The van der Waals surface area contributed by atoms with Crippen molar-refractivity contribution >= 4 is 56.6 Å². The number of hydrogen-bond donors (Lipinski definition) is 1. The summed E-state index contributed by atoms with van der Waals surface area (Å²) in [6, 6.07) is 8.31. The summed E-state index contributed by atoms with van der Waals surface area (Å²) in [5.74, 6) is 0.936. The third-order valence-corrected chi connectivity index (χ3v) is 5.19. The number of aromatic nitrogens is 2. The lowest BCUT2D eigenvalue weighted by atomic mass is 10.2. The van der Waals surface area contributed by atoms with Crippen molar-refractivity contribution in [3.63, 3.8) is 0 Å². The summed E-state index contributed by atoms with van der Waals surface area (Å²) < 4.78 is 25.7. The van der Waals surface area contributed by atoms with Crippen LogP contribution in [0.25, 0.3) is 10.9 Å². The third-order valence-electron chi connectivity index (χ3n) is 4.05. The van der Waals surface area contributed by atoms with Crippen molar-refractivity contribution in [2.45, 2.75) is 12.5 Å². The molecule has 1 fully saturated rings. The van der Waals surface area contributed by atoms with E-state index in [1.165, 1.54) is 18.5 Å². The quantitative estimate of drug-likeness (QED) is 0.531. The Morgan fingerprint density at radius 1 is 1.27 bits per heavy atom. The van der Waals surface area contributed by atoms with Gasteiger partial charge in [0, 0.05) is 23.6 Å². The van der Waals surface area contributed by atoms with Gasteiger partial charge in [0.15, 0.2) is 0 Å². The number of nitrogens with one attached hydrogen (secondary N) is 1. The molecule has 4 rings (SSSR count). The van der Waals surface area contributed by atoms with Gasteiger partial charge in [-0.2, -0.15) is 0 Å². The van der Waals surface area contributed by atoms with Gasteiger partial charge >= 0.3 is 0 Å². The Hall–Kier alpha value is -1.71. The summed E-state index contributed by atoms with van der Waals surface area (Å²) in [5.41, 5.74) is 1.40. The van der Waals surface area contributed by atoms with E-state index in [1.54, 1.807) is 6.07 Å². The molecule has 5 nitrogen and oxygen atoms in total. The average molecular weight is 486 g/mol. The summed E-state index contributed by atoms with van der Waals surface area (Å²) in [4.78, 5) is 8.64. The van der Waals surface area contributed by atoms with E-state index in [-0.39, 0.29) is 11.1 Å². The predicted molar refractivity (Wildman–Crippen MR) is 107 cm³/mol. The number of fused-ring (bicyclic) bond motifs is 1. The molecule has 0 unspecified atom stereocenters. The van der Waals surface area contributed by atoms with E-state index in [0.29, 0.717) is 18.1 Å². The van der Waals surface area contributed by atoms with Crippen LogP contribution in [0, 0.1) is 9.39 Å². The third kappa shape index (κ3) is 3.70. The minimum Gasteiger partial charge on any atom is -0.487 e. The number of anilines is 2. The molecule has 1 N–H and O–H groups in total. The Kier molecular flexibility index (Phi) is 5.10. The van der Waals surface area contributed by atoms with Gasteiger partial charge in [0.2, 0.25) is 0 Å². The summed E-state index contributed by atoms with van der Waals surface area (Å²) >= 11 is 8.08. The second-order valence-electron chi connectivity index (χ2n) is 5.88. The fourth-order valence-electron chi connectivity index (χ4n) is 2.74. The van der Waals surface area contributed by atoms with Crippen molar-refractivity contribution in [3.8, 4) is 5.75 Å². The summed E-state index contributed by atoms with van der Waals surface area (Å²) in [6.07, 6.45) is 2.43. The van der Waals surface area contributed by atoms with Gasteiger partial charge in [0.05, 0.1) is 27.3 Å². The Bertz CT molecular complexity index is 967. The lowest BCUT2D eigenvalue weighted by Crippen LogP contribution is -2.16. The smallest absolute Gasteiger partial charge is 0.141 e. The standard InChI is InChI=1S/C18H14ClFIN3O2/c19-13-5-10(1-2-14(13)20)24-18-12-6-15(21)17(7-16(12)22-9-23-18)26-11-3-4-25-8-11/h1-2,5-7,9,11H,3-4,8H2,(H,22,23,24)/t11-/m0/s1. The van der Waals surface area contributed by atoms with Crippen molar-refractivity contribution in [1.29, 1.82) is 0 Å². The van der Waals surface area contributed by atoms with Crippen molar-refractivity contribution in [1.82, 2.24) is 9.97 Å². The highest BCUT2D eigenvalue weighted by Crippen LogP contribution is 2.32. The largest absolute Gasteiger partial charge is 0.487 e. The zero-order chi connectivity index (χ0) is 18.1. The first-order valence-corrected chi connectivity index (χ1v) is 9.46. The molecule has 134 valence electrons. The minimum atomic E-state index is -0.461. The number of benzene rings is 2. The van der Waals surface area contributed by atoms with E-state index in [4.69, 9.17) is 21.1 Å². The van der Waals surface area contributed by atoms with Crippen LogP contribution in [0.3, 0.4) is 0 Å². The van der Waals surface area contributed by atoms with E-state index in [0.717, 1.165) is 33.3 Å². The van der Waals surface area contributed by atoms with Gasteiger partial charge < -0.3 is 14.8 Å². The molecule has 1 saturated heterocycles. The molecule has 0 bridgehead atoms. The second-order valence-corrected chi connectivity index (χ2v) is 7.45. The normalized spacial score (nSPS) is 16.8. The fourth-order valence-corrected chi connectivity index (χ4v) is 3.52. The highest BCUT2D eigenvalue weighted by molar-refractivity contribution is 14.1. The molecule has 0 aliphatic carbocycles. The van der Waals surface area contributed by atoms with E-state index >= 15 is 0 Å². The molecular formula is C18H14ClFIN3O2. The summed E-state index contributed by atoms with van der Waals surface area (Å²) in [7, 11) is 0. The molecule has 2 aromatic carbocycles. The Labute approximate surface area is 168 Å². The van der Waals surface area contributed by atoms with Crippen molar-refractivity contribution in [2.75, 3.05) is 18.5 Å². The first kappa shape index (κ1) is 17.7. The summed E-state index contributed by atoms with van der Waals surface area (Å²) in [6.45, 7) is 1.33. The van der Waals surface area contributed by atoms with Crippen LogP contribution in [0.1, 0.15) is 6.42 Å². The van der Waals surface area contributed by atoms with Crippen molar-refractivity contribution in [3.05, 3.63) is 51.1 Å². The molecule has 8 heteroatoms. The van der Waals surface area contributed by atoms with Gasteiger partial charge in [0.25, 0.3) is 0 Å². The van der Waals surface area contributed by atoms with Crippen LogP contribution in [0.15, 0.2) is 36.7 Å². The van der Waals surface area contributed by atoms with E-state index in [1.807, 2.05) is 12.1 Å². The monoisotopic (exact) mass is 485 g/mol. The molecule has 1 aromatic heterocycles. The Morgan fingerprint density at radius 3 is 2.92 bits per heavy atom. The number of rotatable bonds is 4. The lowest BCUT2D eigenvalue weighted by molar-refractivity contribution is 0.141. The molecule has 26 heavy (non-hydrogen) atoms. The first-order valence-electron chi connectivity index (χ1n) is 8.01. The Balaban J connectivity index is 1.67. The molecule has 0 saturated carbocycles. The highest BCUT2D eigenvalue weighted by Gasteiger charge is 2.19. The van der Waals surface area contributed by atoms with Crippen LogP contribution in [0.4, 0.5) is 15.9 Å². The van der Waals surface area contributed by atoms with Crippen LogP contribution < -0.4 is 10.1 Å². The van der Waals surface area contributed by atoms with Gasteiger partial charge in [-0.3, -0.25) is 0 Å². The molecule has 1 aliphatic heterocycles. The molecule has 2 heterocycles. The molecule has 0 amide bonds. The zero-order valence-corrected chi connectivity index (χ0v) is 16.4. The van der Waals surface area contributed by atoms with Crippen LogP contribution in [0.2, 0.25) is 5.02 Å². The molecule has 0 spiro atoms. The van der Waals surface area contributed by atoms with Crippen LogP contribution in [-0.2, 0) is 4.74 Å². The summed E-state index contributed by atoms with van der Waals surface area (Å²) in [5, 5.41) is 4.06. The number of nitrogens with zero attached hydrogens (tertiary/aromatic N) is 2. The van der Waals surface area contributed by atoms with Gasteiger partial charge in [0.1, 0.15) is 29.8 Å². The maximum Gasteiger partial charge on any atom is 0.141 e. The fraction of sp³-hybridized carbons (Fsp3) is 0.222. The number of halogens is 3. The van der Waals surface area contributed by atoms with Gasteiger partial charge in [-0.15, -0.1) is 0 Å². The molecule has 1 atom stereocenters. The number of hydrogen-bond acceptors (Lipinski definition) is 5. The van der Waals surface area contributed by atoms with Crippen molar-refractivity contribution < 1.29 is 13.9 Å². The zero-order valence-electron chi connectivity index (χ0n) is 13.5. The molecular weight excluding hydrogens is 472 g/mol. The first-order chi connectivity index (χ1) is 12.6.